The zero-order chi connectivity index (χ0) is 19.9. The van der Waals surface area contributed by atoms with Crippen LogP contribution in [-0.4, -0.2) is 31.2 Å². The molecular weight excluding hydrogens is 374 g/mol. The van der Waals surface area contributed by atoms with E-state index in [4.69, 9.17) is 4.33 Å². The van der Waals surface area contributed by atoms with Gasteiger partial charge in [0.2, 0.25) is 0 Å². The average Bonchev–Trinajstić information content (AvgIpc) is 3.04. The lowest BCUT2D eigenvalue weighted by atomic mass is 10.1. The minimum Gasteiger partial charge on any atom is -0.372 e. The predicted octanol–water partition coefficient (Wildman–Crippen LogP) is 4.50. The van der Waals surface area contributed by atoms with Crippen molar-refractivity contribution in [1.82, 2.24) is 0 Å². The van der Waals surface area contributed by atoms with Crippen LogP contribution in [0.5, 0.6) is 0 Å². The van der Waals surface area contributed by atoms with E-state index < -0.39 is 0 Å². The maximum Gasteiger partial charge on any atom is 0.281 e. The topological polar surface area (TPSA) is 54.4 Å². The summed E-state index contributed by atoms with van der Waals surface area (Å²) >= 11 is 0.918. The molecule has 0 saturated heterocycles. The highest BCUT2D eigenvalue weighted by atomic mass is 32.2. The standard InChI is InChI=1S/C21H23N3O3S/c1-4-23(5-2)17-13-11-16(12-14-17)15-19-20(28-27-26-3)22-24(21(19)25)18-9-7-6-8-10-18/h6-15H,4-5H2,1-3H3. The van der Waals surface area contributed by atoms with E-state index in [1.807, 2.05) is 48.5 Å². The number of benzene rings is 2. The molecule has 1 heterocycles. The fourth-order valence-corrected chi connectivity index (χ4v) is 3.41. The van der Waals surface area contributed by atoms with Crippen LogP contribution in [0.2, 0.25) is 0 Å². The Balaban J connectivity index is 1.90. The summed E-state index contributed by atoms with van der Waals surface area (Å²) in [6.45, 7) is 6.15. The van der Waals surface area contributed by atoms with Crippen LogP contribution < -0.4 is 9.91 Å². The Labute approximate surface area is 169 Å². The predicted molar refractivity (Wildman–Crippen MR) is 115 cm³/mol. The highest BCUT2D eigenvalue weighted by Crippen LogP contribution is 2.30. The molecule has 2 aromatic carbocycles. The molecule has 0 radical (unpaired) electrons. The first kappa shape index (κ1) is 20.1. The van der Waals surface area contributed by atoms with Crippen molar-refractivity contribution in [3.8, 4) is 0 Å². The third kappa shape index (κ3) is 4.44. The third-order valence-electron chi connectivity index (χ3n) is 4.36. The minimum atomic E-state index is -0.207. The van der Waals surface area contributed by atoms with Gasteiger partial charge in [0.15, 0.2) is 5.04 Å². The molecule has 2 aromatic rings. The Kier molecular flexibility index (Phi) is 6.86. The van der Waals surface area contributed by atoms with Gasteiger partial charge in [-0.1, -0.05) is 30.3 Å². The fourth-order valence-electron chi connectivity index (χ4n) is 2.93. The van der Waals surface area contributed by atoms with Gasteiger partial charge < -0.3 is 4.90 Å². The number of nitrogens with zero attached hydrogens (tertiary/aromatic N) is 3. The second-order valence-electron chi connectivity index (χ2n) is 6.00. The summed E-state index contributed by atoms with van der Waals surface area (Å²) in [6, 6.07) is 17.4. The molecule has 28 heavy (non-hydrogen) atoms. The Morgan fingerprint density at radius 1 is 1.07 bits per heavy atom. The van der Waals surface area contributed by atoms with E-state index in [-0.39, 0.29) is 5.91 Å². The first-order valence-electron chi connectivity index (χ1n) is 9.10. The van der Waals surface area contributed by atoms with Crippen molar-refractivity contribution in [2.45, 2.75) is 13.8 Å². The molecule has 0 atom stereocenters. The van der Waals surface area contributed by atoms with Crippen LogP contribution >= 0.6 is 12.0 Å². The number of para-hydroxylation sites is 1. The quantitative estimate of drug-likeness (QED) is 0.298. The van der Waals surface area contributed by atoms with Crippen LogP contribution in [0, 0.1) is 0 Å². The van der Waals surface area contributed by atoms with Gasteiger partial charge in [-0.25, -0.2) is 4.89 Å². The first-order chi connectivity index (χ1) is 13.7. The molecule has 3 rings (SSSR count). The summed E-state index contributed by atoms with van der Waals surface area (Å²) in [5.41, 5.74) is 3.23. The molecule has 0 N–H and O–H groups in total. The van der Waals surface area contributed by atoms with Crippen LogP contribution in [-0.2, 0) is 14.0 Å². The summed E-state index contributed by atoms with van der Waals surface area (Å²) in [7, 11) is 1.41. The third-order valence-corrected chi connectivity index (χ3v) is 5.02. The van der Waals surface area contributed by atoms with E-state index in [0.29, 0.717) is 16.3 Å². The van der Waals surface area contributed by atoms with Crippen molar-refractivity contribution < 1.29 is 14.0 Å². The normalized spacial score (nSPS) is 15.2. The number of rotatable bonds is 7. The van der Waals surface area contributed by atoms with Crippen molar-refractivity contribution in [3.63, 3.8) is 0 Å². The highest BCUT2D eigenvalue weighted by molar-refractivity contribution is 8.10. The number of hydrogen-bond acceptors (Lipinski definition) is 6. The van der Waals surface area contributed by atoms with Crippen LogP contribution in [0.4, 0.5) is 11.4 Å². The number of anilines is 2. The Hall–Kier alpha value is -2.61. The number of carbonyl (C=O) groups excluding carboxylic acids is 1. The van der Waals surface area contributed by atoms with Crippen LogP contribution in [0.1, 0.15) is 19.4 Å². The van der Waals surface area contributed by atoms with E-state index >= 15 is 0 Å². The van der Waals surface area contributed by atoms with Gasteiger partial charge in [-0.15, -0.1) is 0 Å². The van der Waals surface area contributed by atoms with Crippen molar-refractivity contribution in [2.75, 3.05) is 30.1 Å². The van der Waals surface area contributed by atoms with E-state index in [2.05, 4.69) is 40.9 Å². The summed E-state index contributed by atoms with van der Waals surface area (Å²) in [4.78, 5) is 19.9. The largest absolute Gasteiger partial charge is 0.372 e. The van der Waals surface area contributed by atoms with Gasteiger partial charge in [0.1, 0.15) is 0 Å². The fraction of sp³-hybridized carbons (Fsp3) is 0.238. The minimum absolute atomic E-state index is 0.207. The molecule has 0 aliphatic carbocycles. The molecule has 0 bridgehead atoms. The lowest BCUT2D eigenvalue weighted by molar-refractivity contribution is -0.158. The summed E-state index contributed by atoms with van der Waals surface area (Å²) in [5.74, 6) is -0.207. The summed E-state index contributed by atoms with van der Waals surface area (Å²) in [6.07, 6.45) is 1.82. The molecule has 0 unspecified atom stereocenters. The van der Waals surface area contributed by atoms with Crippen molar-refractivity contribution in [3.05, 3.63) is 65.7 Å². The molecule has 6 nitrogen and oxygen atoms in total. The summed E-state index contributed by atoms with van der Waals surface area (Å²) in [5, 5.41) is 6.23. The molecule has 0 saturated carbocycles. The van der Waals surface area contributed by atoms with E-state index in [1.54, 1.807) is 0 Å². The molecule has 1 amide bonds. The van der Waals surface area contributed by atoms with Gasteiger partial charge in [0.25, 0.3) is 5.91 Å². The first-order valence-corrected chi connectivity index (χ1v) is 9.84. The number of hydrazone groups is 1. The molecule has 0 fully saturated rings. The van der Waals surface area contributed by atoms with Gasteiger partial charge in [-0.3, -0.25) is 4.79 Å². The van der Waals surface area contributed by atoms with Crippen LogP contribution in [0.25, 0.3) is 6.08 Å². The second kappa shape index (κ2) is 9.54. The molecule has 0 aromatic heterocycles. The van der Waals surface area contributed by atoms with Gasteiger partial charge in [-0.05, 0) is 49.8 Å². The van der Waals surface area contributed by atoms with E-state index in [9.17, 15) is 4.79 Å². The van der Waals surface area contributed by atoms with Gasteiger partial charge >= 0.3 is 0 Å². The number of hydrogen-bond donors (Lipinski definition) is 0. The van der Waals surface area contributed by atoms with Gasteiger partial charge in [0, 0.05) is 18.8 Å². The zero-order valence-electron chi connectivity index (χ0n) is 16.2. The summed E-state index contributed by atoms with van der Waals surface area (Å²) < 4.78 is 4.96. The number of carbonyl (C=O) groups is 1. The number of amides is 1. The van der Waals surface area contributed by atoms with Gasteiger partial charge in [-0.2, -0.15) is 14.4 Å². The maximum absolute atomic E-state index is 13.0. The van der Waals surface area contributed by atoms with Crippen molar-refractivity contribution in [2.24, 2.45) is 5.10 Å². The van der Waals surface area contributed by atoms with Crippen molar-refractivity contribution in [1.29, 1.82) is 0 Å². The van der Waals surface area contributed by atoms with Gasteiger partial charge in [0.05, 0.1) is 30.4 Å². The molecule has 146 valence electrons. The highest BCUT2D eigenvalue weighted by Gasteiger charge is 2.32. The Morgan fingerprint density at radius 3 is 2.36 bits per heavy atom. The monoisotopic (exact) mass is 397 g/mol. The molecule has 1 aliphatic rings. The Bertz CT molecular complexity index is 862. The van der Waals surface area contributed by atoms with Crippen LogP contribution in [0.15, 0.2) is 65.3 Å². The molecular formula is C21H23N3O3S. The lowest BCUT2D eigenvalue weighted by Crippen LogP contribution is -2.21. The average molecular weight is 398 g/mol. The lowest BCUT2D eigenvalue weighted by Gasteiger charge is -2.20. The molecule has 1 aliphatic heterocycles. The van der Waals surface area contributed by atoms with Crippen LogP contribution in [0.3, 0.4) is 0 Å². The smallest absolute Gasteiger partial charge is 0.281 e. The van der Waals surface area contributed by atoms with E-state index in [0.717, 1.165) is 36.4 Å². The second-order valence-corrected chi connectivity index (χ2v) is 6.69. The maximum atomic E-state index is 13.0. The SMILES string of the molecule is CCN(CC)c1ccc(C=C2C(=O)N(c3ccccc3)N=C2SOOC)cc1. The Morgan fingerprint density at radius 2 is 1.75 bits per heavy atom. The molecule has 7 heteroatoms. The molecule has 0 spiro atoms. The van der Waals surface area contributed by atoms with Crippen molar-refractivity contribution >= 4 is 40.4 Å². The van der Waals surface area contributed by atoms with E-state index in [1.165, 1.54) is 12.1 Å². The zero-order valence-corrected chi connectivity index (χ0v) is 17.0.